The van der Waals surface area contributed by atoms with Crippen molar-refractivity contribution in [2.75, 3.05) is 31.1 Å². The van der Waals surface area contributed by atoms with Crippen LogP contribution in [-0.4, -0.2) is 52.6 Å². The van der Waals surface area contributed by atoms with Crippen LogP contribution in [0, 0.1) is 11.6 Å². The Bertz CT molecular complexity index is 1100. The van der Waals surface area contributed by atoms with E-state index in [0.717, 1.165) is 6.07 Å². The van der Waals surface area contributed by atoms with Gasteiger partial charge in [0.25, 0.3) is 0 Å². The van der Waals surface area contributed by atoms with E-state index in [0.29, 0.717) is 25.9 Å². The molecule has 1 aromatic heterocycles. The second kappa shape index (κ2) is 6.53. The Balaban J connectivity index is 1.91. The van der Waals surface area contributed by atoms with Crippen LogP contribution in [0.25, 0.3) is 10.9 Å². The highest BCUT2D eigenvalue weighted by Gasteiger charge is 2.41. The number of carbonyl (C=O) groups excluding carboxylic acids is 1. The molecule has 0 spiro atoms. The zero-order valence-corrected chi connectivity index (χ0v) is 16.2. The van der Waals surface area contributed by atoms with Crippen molar-refractivity contribution in [2.45, 2.75) is 32.2 Å². The van der Waals surface area contributed by atoms with E-state index in [1.807, 2.05) is 6.92 Å². The van der Waals surface area contributed by atoms with E-state index < -0.39 is 34.1 Å². The molecule has 29 heavy (non-hydrogen) atoms. The van der Waals surface area contributed by atoms with Gasteiger partial charge in [-0.3, -0.25) is 9.59 Å². The van der Waals surface area contributed by atoms with Gasteiger partial charge in [0, 0.05) is 44.8 Å². The monoisotopic (exact) mass is 405 g/mol. The molecule has 2 fully saturated rings. The molecule has 0 bridgehead atoms. The van der Waals surface area contributed by atoms with Crippen LogP contribution in [0.5, 0.6) is 0 Å². The van der Waals surface area contributed by atoms with Gasteiger partial charge in [0.05, 0.1) is 10.9 Å². The minimum atomic E-state index is -1.43. The predicted molar refractivity (Wildman–Crippen MR) is 102 cm³/mol. The van der Waals surface area contributed by atoms with E-state index in [4.69, 9.17) is 0 Å². The highest BCUT2D eigenvalue weighted by molar-refractivity contribution is 5.94. The Morgan fingerprint density at radius 3 is 2.28 bits per heavy atom. The van der Waals surface area contributed by atoms with Crippen molar-refractivity contribution in [2.24, 2.45) is 0 Å². The normalized spacial score (nSPS) is 18.2. The summed E-state index contributed by atoms with van der Waals surface area (Å²) in [5.41, 5.74) is -2.25. The van der Waals surface area contributed by atoms with Crippen LogP contribution < -0.4 is 10.3 Å². The molecule has 0 unspecified atom stereocenters. The standard InChI is InChI=1S/C20H21F2N3O4/c1-11(26)23-5-7-24(8-6-23)17-14(21)9-12-16(15(17)22)25(20(2)3-4-20)10-13(18(12)27)19(28)29/h9-10H,3-8H2,1-2H3,(H,28,29). The minimum absolute atomic E-state index is 0.0783. The smallest absolute Gasteiger partial charge is 0.341 e. The summed E-state index contributed by atoms with van der Waals surface area (Å²) < 4.78 is 32.0. The van der Waals surface area contributed by atoms with Crippen LogP contribution in [-0.2, 0) is 10.3 Å². The lowest BCUT2D eigenvalue weighted by atomic mass is 10.1. The van der Waals surface area contributed by atoms with Crippen LogP contribution in [0.3, 0.4) is 0 Å². The molecule has 1 saturated carbocycles. The fourth-order valence-corrected chi connectivity index (χ4v) is 3.94. The zero-order valence-electron chi connectivity index (χ0n) is 16.2. The summed E-state index contributed by atoms with van der Waals surface area (Å²) in [6.45, 7) is 4.49. The summed E-state index contributed by atoms with van der Waals surface area (Å²) in [6.07, 6.45) is 2.57. The molecule has 1 aromatic carbocycles. The fraction of sp³-hybridized carbons (Fsp3) is 0.450. The number of nitrogens with zero attached hydrogens (tertiary/aromatic N) is 3. The van der Waals surface area contributed by atoms with Gasteiger partial charge in [0.2, 0.25) is 11.3 Å². The molecule has 0 radical (unpaired) electrons. The molecule has 7 nitrogen and oxygen atoms in total. The van der Waals surface area contributed by atoms with Gasteiger partial charge in [-0.1, -0.05) is 0 Å². The second-order valence-electron chi connectivity index (χ2n) is 7.95. The van der Waals surface area contributed by atoms with Crippen LogP contribution in [0.2, 0.25) is 0 Å². The number of aromatic carboxylic acids is 1. The van der Waals surface area contributed by atoms with Gasteiger partial charge >= 0.3 is 5.97 Å². The maximum atomic E-state index is 15.6. The third-order valence-corrected chi connectivity index (χ3v) is 5.98. The summed E-state index contributed by atoms with van der Waals surface area (Å²) in [5.74, 6) is -3.32. The van der Waals surface area contributed by atoms with Crippen molar-refractivity contribution in [3.05, 3.63) is 39.7 Å². The molecule has 4 rings (SSSR count). The molecule has 2 aliphatic rings. The maximum absolute atomic E-state index is 15.6. The van der Waals surface area contributed by atoms with Crippen molar-refractivity contribution in [3.63, 3.8) is 0 Å². The van der Waals surface area contributed by atoms with Crippen molar-refractivity contribution in [1.29, 1.82) is 0 Å². The highest BCUT2D eigenvalue weighted by Crippen LogP contribution is 2.45. The SMILES string of the molecule is CC(=O)N1CCN(c2c(F)cc3c(=O)c(C(=O)O)cn(C4(C)CC4)c3c2F)CC1. The first-order valence-electron chi connectivity index (χ1n) is 9.45. The number of halogens is 2. The van der Waals surface area contributed by atoms with E-state index >= 15 is 4.39 Å². The number of pyridine rings is 1. The Morgan fingerprint density at radius 2 is 1.76 bits per heavy atom. The number of anilines is 1. The first-order valence-corrected chi connectivity index (χ1v) is 9.45. The van der Waals surface area contributed by atoms with Crippen molar-refractivity contribution >= 4 is 28.5 Å². The number of carboxylic acid groups (broad SMARTS) is 1. The molecule has 2 aromatic rings. The van der Waals surface area contributed by atoms with Crippen LogP contribution >= 0.6 is 0 Å². The number of hydrogen-bond donors (Lipinski definition) is 1. The molecular weight excluding hydrogens is 384 g/mol. The summed E-state index contributed by atoms with van der Waals surface area (Å²) in [7, 11) is 0. The first kappa shape index (κ1) is 19.4. The Labute approximate surface area is 165 Å². The van der Waals surface area contributed by atoms with E-state index in [-0.39, 0.29) is 35.6 Å². The second-order valence-corrected chi connectivity index (χ2v) is 7.95. The van der Waals surface area contributed by atoms with Gasteiger partial charge in [-0.05, 0) is 25.8 Å². The van der Waals surface area contributed by atoms with Crippen LogP contribution in [0.1, 0.15) is 37.0 Å². The highest BCUT2D eigenvalue weighted by atomic mass is 19.1. The number of rotatable bonds is 3. The molecule has 9 heteroatoms. The molecule has 1 saturated heterocycles. The number of amides is 1. The van der Waals surface area contributed by atoms with Gasteiger partial charge in [0.1, 0.15) is 17.1 Å². The summed E-state index contributed by atoms with van der Waals surface area (Å²) in [6, 6.07) is 0.933. The number of fused-ring (bicyclic) bond motifs is 1. The fourth-order valence-electron chi connectivity index (χ4n) is 3.94. The van der Waals surface area contributed by atoms with E-state index in [1.54, 1.807) is 4.90 Å². The van der Waals surface area contributed by atoms with E-state index in [1.165, 1.54) is 22.6 Å². The van der Waals surface area contributed by atoms with Gasteiger partial charge in [-0.25, -0.2) is 13.6 Å². The van der Waals surface area contributed by atoms with Gasteiger partial charge < -0.3 is 19.5 Å². The maximum Gasteiger partial charge on any atom is 0.341 e. The average molecular weight is 405 g/mol. The van der Waals surface area contributed by atoms with Gasteiger partial charge in [-0.2, -0.15) is 0 Å². The third kappa shape index (κ3) is 3.04. The Kier molecular flexibility index (Phi) is 4.36. The van der Waals surface area contributed by atoms with E-state index in [9.17, 15) is 23.9 Å². The molecule has 1 aliphatic carbocycles. The molecule has 2 heterocycles. The van der Waals surface area contributed by atoms with Gasteiger partial charge in [0.15, 0.2) is 5.82 Å². The molecular formula is C20H21F2N3O4. The molecule has 1 N–H and O–H groups in total. The lowest BCUT2D eigenvalue weighted by Crippen LogP contribution is -2.48. The quantitative estimate of drug-likeness (QED) is 0.846. The number of aromatic nitrogens is 1. The predicted octanol–water partition coefficient (Wildman–Crippen LogP) is 2.16. The van der Waals surface area contributed by atoms with Crippen LogP contribution in [0.15, 0.2) is 17.1 Å². The summed E-state index contributed by atoms with van der Waals surface area (Å²) in [5, 5.41) is 9.08. The first-order chi connectivity index (χ1) is 13.6. The van der Waals surface area contributed by atoms with Crippen molar-refractivity contribution in [1.82, 2.24) is 9.47 Å². The lowest BCUT2D eigenvalue weighted by Gasteiger charge is -2.36. The number of piperazine rings is 1. The number of hydrogen-bond acceptors (Lipinski definition) is 4. The largest absolute Gasteiger partial charge is 0.477 e. The zero-order chi connectivity index (χ0) is 21.1. The minimum Gasteiger partial charge on any atom is -0.477 e. The Hall–Kier alpha value is -2.97. The number of carboxylic acids is 1. The topological polar surface area (TPSA) is 82.8 Å². The number of benzene rings is 1. The van der Waals surface area contributed by atoms with Crippen LogP contribution in [0.4, 0.5) is 14.5 Å². The van der Waals surface area contributed by atoms with Crippen molar-refractivity contribution < 1.29 is 23.5 Å². The lowest BCUT2D eigenvalue weighted by molar-refractivity contribution is -0.129. The number of carbonyl (C=O) groups is 2. The molecule has 0 atom stereocenters. The van der Waals surface area contributed by atoms with Crippen molar-refractivity contribution in [3.8, 4) is 0 Å². The summed E-state index contributed by atoms with van der Waals surface area (Å²) in [4.78, 5) is 38.7. The average Bonchev–Trinajstić information content (AvgIpc) is 3.41. The molecule has 1 amide bonds. The van der Waals surface area contributed by atoms with E-state index in [2.05, 4.69) is 0 Å². The molecule has 1 aliphatic heterocycles. The third-order valence-electron chi connectivity index (χ3n) is 5.98. The Morgan fingerprint density at radius 1 is 1.14 bits per heavy atom. The van der Waals surface area contributed by atoms with Gasteiger partial charge in [-0.15, -0.1) is 0 Å². The summed E-state index contributed by atoms with van der Waals surface area (Å²) >= 11 is 0. The molecule has 154 valence electrons.